The zero-order valence-corrected chi connectivity index (χ0v) is 30.0. The van der Waals surface area contributed by atoms with Crippen molar-refractivity contribution in [2.75, 3.05) is 37.5 Å². The van der Waals surface area contributed by atoms with Crippen LogP contribution < -0.4 is 15.0 Å². The van der Waals surface area contributed by atoms with Crippen molar-refractivity contribution in [1.82, 2.24) is 25.1 Å². The van der Waals surface area contributed by atoms with Crippen LogP contribution in [0.4, 0.5) is 10.6 Å². The van der Waals surface area contributed by atoms with Gasteiger partial charge in [-0.2, -0.15) is 5.10 Å². The molecule has 1 unspecified atom stereocenters. The van der Waals surface area contributed by atoms with Gasteiger partial charge in [-0.3, -0.25) is 4.79 Å². The second kappa shape index (κ2) is 16.5. The van der Waals surface area contributed by atoms with Crippen LogP contribution in [-0.4, -0.2) is 75.5 Å². The van der Waals surface area contributed by atoms with E-state index in [2.05, 4.69) is 31.0 Å². The summed E-state index contributed by atoms with van der Waals surface area (Å²) in [6, 6.07) is 7.89. The van der Waals surface area contributed by atoms with Gasteiger partial charge in [0.05, 0.1) is 32.9 Å². The second-order valence-electron chi connectivity index (χ2n) is 13.6. The molecule has 0 bridgehead atoms. The average Bonchev–Trinajstić information content (AvgIpc) is 3.36. The van der Waals surface area contributed by atoms with Gasteiger partial charge in [-0.15, -0.1) is 11.8 Å². The molecule has 1 aliphatic heterocycles. The van der Waals surface area contributed by atoms with Gasteiger partial charge in [0, 0.05) is 24.4 Å². The van der Waals surface area contributed by atoms with Crippen molar-refractivity contribution >= 4 is 40.8 Å². The highest BCUT2D eigenvalue weighted by Gasteiger charge is 2.34. The van der Waals surface area contributed by atoms with Gasteiger partial charge in [0.1, 0.15) is 27.7 Å². The highest BCUT2D eigenvalue weighted by molar-refractivity contribution is 7.99. The minimum atomic E-state index is -0.548. The van der Waals surface area contributed by atoms with Crippen molar-refractivity contribution in [3.63, 3.8) is 0 Å². The number of nitrogens with zero attached hydrogens (tertiary/aromatic N) is 5. The van der Waals surface area contributed by atoms with Crippen LogP contribution in [0.3, 0.4) is 0 Å². The van der Waals surface area contributed by atoms with E-state index >= 15 is 0 Å². The SMILES string of the molecule is CCCCC(CC)COC(=O)CCSc1nn(Cc2ccc(OC)cc2)c2nc(N3CCC(C)(NC(=O)OC(C)(C)C)CC3)cnc12. The quantitative estimate of drug-likeness (QED) is 0.134. The molecule has 2 aromatic heterocycles. The Balaban J connectivity index is 1.46. The Labute approximate surface area is 283 Å². The fourth-order valence-corrected chi connectivity index (χ4v) is 6.38. The van der Waals surface area contributed by atoms with Crippen molar-refractivity contribution in [1.29, 1.82) is 0 Å². The van der Waals surface area contributed by atoms with Gasteiger partial charge < -0.3 is 24.4 Å². The van der Waals surface area contributed by atoms with E-state index in [9.17, 15) is 9.59 Å². The number of methoxy groups -OCH3 is 1. The maximum Gasteiger partial charge on any atom is 0.408 e. The average molecular weight is 669 g/mol. The van der Waals surface area contributed by atoms with E-state index < -0.39 is 11.7 Å². The van der Waals surface area contributed by atoms with E-state index in [-0.39, 0.29) is 11.5 Å². The zero-order chi connectivity index (χ0) is 34.0. The van der Waals surface area contributed by atoms with Gasteiger partial charge in [-0.1, -0.05) is 45.2 Å². The molecule has 47 heavy (non-hydrogen) atoms. The van der Waals surface area contributed by atoms with E-state index in [0.717, 1.165) is 60.7 Å². The van der Waals surface area contributed by atoms with E-state index in [1.54, 1.807) is 13.3 Å². The molecule has 4 rings (SSSR count). The molecule has 0 spiro atoms. The van der Waals surface area contributed by atoms with Gasteiger partial charge in [-0.05, 0) is 70.6 Å². The highest BCUT2D eigenvalue weighted by atomic mass is 32.2. The van der Waals surface area contributed by atoms with Gasteiger partial charge in [0.15, 0.2) is 5.65 Å². The maximum atomic E-state index is 12.5. The normalized spacial score (nSPS) is 15.3. The highest BCUT2D eigenvalue weighted by Crippen LogP contribution is 2.30. The molecule has 1 amide bonds. The molecule has 11 nitrogen and oxygen atoms in total. The smallest absolute Gasteiger partial charge is 0.408 e. The first kappa shape index (κ1) is 36.3. The molecule has 3 heterocycles. The van der Waals surface area contributed by atoms with Crippen LogP contribution in [0.5, 0.6) is 5.75 Å². The van der Waals surface area contributed by atoms with Gasteiger partial charge in [0.2, 0.25) is 0 Å². The van der Waals surface area contributed by atoms with Crippen molar-refractivity contribution in [2.24, 2.45) is 5.92 Å². The molecule has 1 aromatic carbocycles. The fourth-order valence-electron chi connectivity index (χ4n) is 5.49. The number of ether oxygens (including phenoxy) is 3. The number of hydrogen-bond acceptors (Lipinski definition) is 10. The summed E-state index contributed by atoms with van der Waals surface area (Å²) in [7, 11) is 1.65. The lowest BCUT2D eigenvalue weighted by atomic mass is 9.90. The molecular formula is C35H52N6O5S. The summed E-state index contributed by atoms with van der Waals surface area (Å²) in [6.45, 7) is 14.4. The number of carbonyl (C=O) groups excluding carboxylic acids is 2. The molecule has 12 heteroatoms. The number of carbonyl (C=O) groups is 2. The summed E-state index contributed by atoms with van der Waals surface area (Å²) in [4.78, 5) is 37.1. The fraction of sp³-hybridized carbons (Fsp3) is 0.629. The minimum absolute atomic E-state index is 0.180. The lowest BCUT2D eigenvalue weighted by molar-refractivity contribution is -0.144. The number of benzene rings is 1. The van der Waals surface area contributed by atoms with Crippen LogP contribution in [0.25, 0.3) is 11.2 Å². The van der Waals surface area contributed by atoms with Crippen LogP contribution in [0.15, 0.2) is 35.5 Å². The van der Waals surface area contributed by atoms with Crippen LogP contribution in [0, 0.1) is 5.92 Å². The largest absolute Gasteiger partial charge is 0.497 e. The number of unbranched alkanes of at least 4 members (excludes halogenated alkanes) is 1. The molecule has 0 aliphatic carbocycles. The molecule has 1 N–H and O–H groups in total. The molecule has 1 saturated heterocycles. The number of hydrogen-bond donors (Lipinski definition) is 1. The number of rotatable bonds is 15. The number of alkyl carbamates (subject to hydrolysis) is 1. The van der Waals surface area contributed by atoms with Crippen LogP contribution >= 0.6 is 11.8 Å². The summed E-state index contributed by atoms with van der Waals surface area (Å²) >= 11 is 1.50. The molecule has 258 valence electrons. The van der Waals surface area contributed by atoms with Crippen LogP contribution in [0.1, 0.15) is 92.1 Å². The molecule has 1 aliphatic rings. The number of esters is 1. The Hall–Kier alpha value is -3.54. The Morgan fingerprint density at radius 2 is 1.85 bits per heavy atom. The standard InChI is InChI=1S/C35H52N6O5S/c1-8-10-11-25(9-2)24-45-29(42)16-21-47-32-30-31(41(39-32)23-26-12-14-27(44-7)15-13-26)37-28(22-36-30)40-19-17-35(6,18-20-40)38-33(43)46-34(3,4)5/h12-15,22,25H,8-11,16-21,23-24H2,1-7H3,(H,38,43). The molecule has 0 saturated carbocycles. The predicted molar refractivity (Wildman–Crippen MR) is 186 cm³/mol. The number of thioether (sulfide) groups is 1. The van der Waals surface area contributed by atoms with E-state index in [4.69, 9.17) is 29.3 Å². The van der Waals surface area contributed by atoms with Crippen molar-refractivity contribution < 1.29 is 23.8 Å². The Kier molecular flexibility index (Phi) is 12.8. The van der Waals surface area contributed by atoms with Gasteiger partial charge >= 0.3 is 12.1 Å². The Bertz CT molecular complexity index is 1460. The predicted octanol–water partition coefficient (Wildman–Crippen LogP) is 7.01. The third-order valence-electron chi connectivity index (χ3n) is 8.45. The number of amides is 1. The lowest BCUT2D eigenvalue weighted by Crippen LogP contribution is -2.54. The maximum absolute atomic E-state index is 12.5. The summed E-state index contributed by atoms with van der Waals surface area (Å²) in [5.41, 5.74) is 1.53. The number of nitrogens with one attached hydrogen (secondary N) is 1. The van der Waals surface area contributed by atoms with Gasteiger partial charge in [-0.25, -0.2) is 19.4 Å². The third kappa shape index (κ3) is 10.7. The first-order valence-corrected chi connectivity index (χ1v) is 17.8. The number of piperidine rings is 1. The van der Waals surface area contributed by atoms with Crippen molar-refractivity contribution in [3.05, 3.63) is 36.0 Å². The van der Waals surface area contributed by atoms with Crippen molar-refractivity contribution in [3.8, 4) is 5.75 Å². The van der Waals surface area contributed by atoms with Crippen LogP contribution in [-0.2, 0) is 20.8 Å². The van der Waals surface area contributed by atoms with Crippen LogP contribution in [0.2, 0.25) is 0 Å². The first-order valence-electron chi connectivity index (χ1n) is 16.8. The monoisotopic (exact) mass is 668 g/mol. The Morgan fingerprint density at radius 1 is 1.13 bits per heavy atom. The molecule has 0 radical (unpaired) electrons. The van der Waals surface area contributed by atoms with Gasteiger partial charge in [0.25, 0.3) is 0 Å². The second-order valence-corrected chi connectivity index (χ2v) is 14.7. The topological polar surface area (TPSA) is 121 Å². The zero-order valence-electron chi connectivity index (χ0n) is 29.1. The lowest BCUT2D eigenvalue weighted by Gasteiger charge is -2.40. The summed E-state index contributed by atoms with van der Waals surface area (Å²) < 4.78 is 18.3. The molecular weight excluding hydrogens is 616 g/mol. The summed E-state index contributed by atoms with van der Waals surface area (Å²) in [5.74, 6) is 2.34. The summed E-state index contributed by atoms with van der Waals surface area (Å²) in [5, 5.41) is 8.72. The molecule has 1 atom stereocenters. The van der Waals surface area contributed by atoms with E-state index in [1.807, 2.05) is 49.7 Å². The molecule has 1 fully saturated rings. The first-order chi connectivity index (χ1) is 22.4. The number of aromatic nitrogens is 4. The minimum Gasteiger partial charge on any atom is -0.497 e. The number of anilines is 1. The Morgan fingerprint density at radius 3 is 2.49 bits per heavy atom. The molecule has 3 aromatic rings. The van der Waals surface area contributed by atoms with E-state index in [1.165, 1.54) is 11.8 Å². The number of fused-ring (bicyclic) bond motifs is 1. The van der Waals surface area contributed by atoms with Crippen molar-refractivity contribution in [2.45, 2.75) is 109 Å². The van der Waals surface area contributed by atoms with E-state index in [0.29, 0.717) is 55.5 Å². The summed E-state index contributed by atoms with van der Waals surface area (Å²) in [6.07, 6.45) is 7.60. The third-order valence-corrected chi connectivity index (χ3v) is 9.41.